The molecule has 1 aliphatic carbocycles. The number of benzene rings is 1. The van der Waals surface area contributed by atoms with E-state index in [-0.39, 0.29) is 5.60 Å². The number of hydrogen-bond acceptors (Lipinski definition) is 2. The topological polar surface area (TPSA) is 35.2 Å². The van der Waals surface area contributed by atoms with Crippen molar-refractivity contribution in [2.75, 3.05) is 6.54 Å². The SMILES string of the molecule is NCC1(OCc2ccccc2)CCC1. The molecule has 1 aliphatic rings. The minimum Gasteiger partial charge on any atom is -0.369 e. The first-order valence-corrected chi connectivity index (χ1v) is 5.23. The molecule has 76 valence electrons. The standard InChI is InChI=1S/C12H17NO/c13-10-12(7-4-8-12)14-9-11-5-2-1-3-6-11/h1-3,5-6H,4,7-10,13H2. The van der Waals surface area contributed by atoms with Crippen molar-refractivity contribution in [2.24, 2.45) is 5.73 Å². The monoisotopic (exact) mass is 191 g/mol. The molecule has 0 saturated heterocycles. The highest BCUT2D eigenvalue weighted by Crippen LogP contribution is 2.35. The van der Waals surface area contributed by atoms with Gasteiger partial charge in [-0.25, -0.2) is 0 Å². The third-order valence-corrected chi connectivity index (χ3v) is 3.02. The second-order valence-corrected chi connectivity index (χ2v) is 4.01. The van der Waals surface area contributed by atoms with Crippen LogP contribution in [0.4, 0.5) is 0 Å². The van der Waals surface area contributed by atoms with Gasteiger partial charge in [0.15, 0.2) is 0 Å². The summed E-state index contributed by atoms with van der Waals surface area (Å²) in [4.78, 5) is 0. The molecule has 0 radical (unpaired) electrons. The molecule has 0 spiro atoms. The zero-order valence-electron chi connectivity index (χ0n) is 8.41. The van der Waals surface area contributed by atoms with E-state index in [1.54, 1.807) is 0 Å². The maximum absolute atomic E-state index is 5.88. The number of hydrogen-bond donors (Lipinski definition) is 1. The molecule has 1 aromatic rings. The summed E-state index contributed by atoms with van der Waals surface area (Å²) in [5.74, 6) is 0. The van der Waals surface area contributed by atoms with Crippen LogP contribution >= 0.6 is 0 Å². The quantitative estimate of drug-likeness (QED) is 0.790. The van der Waals surface area contributed by atoms with Gasteiger partial charge in [0.25, 0.3) is 0 Å². The first kappa shape index (κ1) is 9.69. The molecule has 0 unspecified atom stereocenters. The summed E-state index contributed by atoms with van der Waals surface area (Å²) >= 11 is 0. The van der Waals surface area contributed by atoms with Crippen molar-refractivity contribution < 1.29 is 4.74 Å². The van der Waals surface area contributed by atoms with Gasteiger partial charge in [0.1, 0.15) is 0 Å². The molecule has 0 heterocycles. The normalized spacial score (nSPS) is 18.9. The summed E-state index contributed by atoms with van der Waals surface area (Å²) in [5.41, 5.74) is 6.93. The van der Waals surface area contributed by atoms with Crippen LogP contribution in [0.5, 0.6) is 0 Å². The van der Waals surface area contributed by atoms with Crippen LogP contribution in [0.15, 0.2) is 30.3 Å². The van der Waals surface area contributed by atoms with Gasteiger partial charge >= 0.3 is 0 Å². The van der Waals surface area contributed by atoms with E-state index in [4.69, 9.17) is 10.5 Å². The van der Waals surface area contributed by atoms with E-state index in [0.29, 0.717) is 13.2 Å². The molecule has 2 nitrogen and oxygen atoms in total. The number of rotatable bonds is 4. The Balaban J connectivity index is 1.88. The molecule has 0 amide bonds. The van der Waals surface area contributed by atoms with Crippen LogP contribution in [0, 0.1) is 0 Å². The van der Waals surface area contributed by atoms with Crippen LogP contribution in [0.25, 0.3) is 0 Å². The lowest BCUT2D eigenvalue weighted by atomic mass is 9.80. The van der Waals surface area contributed by atoms with Gasteiger partial charge in [-0.1, -0.05) is 30.3 Å². The van der Waals surface area contributed by atoms with Gasteiger partial charge in [0, 0.05) is 6.54 Å². The van der Waals surface area contributed by atoms with Crippen LogP contribution in [-0.2, 0) is 11.3 Å². The van der Waals surface area contributed by atoms with Crippen LogP contribution in [0.1, 0.15) is 24.8 Å². The molecular weight excluding hydrogens is 174 g/mol. The van der Waals surface area contributed by atoms with Crippen molar-refractivity contribution in [2.45, 2.75) is 31.5 Å². The van der Waals surface area contributed by atoms with Crippen molar-refractivity contribution in [3.8, 4) is 0 Å². The van der Waals surface area contributed by atoms with Crippen LogP contribution < -0.4 is 5.73 Å². The Morgan fingerprint density at radius 1 is 1.21 bits per heavy atom. The highest BCUT2D eigenvalue weighted by atomic mass is 16.5. The summed E-state index contributed by atoms with van der Waals surface area (Å²) < 4.78 is 5.88. The minimum atomic E-state index is -0.00413. The lowest BCUT2D eigenvalue weighted by Crippen LogP contribution is -2.46. The van der Waals surface area contributed by atoms with E-state index < -0.39 is 0 Å². The lowest BCUT2D eigenvalue weighted by molar-refractivity contribution is -0.102. The summed E-state index contributed by atoms with van der Waals surface area (Å²) in [5, 5.41) is 0. The zero-order valence-corrected chi connectivity index (χ0v) is 8.41. The van der Waals surface area contributed by atoms with Gasteiger partial charge < -0.3 is 10.5 Å². The van der Waals surface area contributed by atoms with E-state index in [0.717, 1.165) is 12.8 Å². The van der Waals surface area contributed by atoms with E-state index >= 15 is 0 Å². The fraction of sp³-hybridized carbons (Fsp3) is 0.500. The van der Waals surface area contributed by atoms with Crippen molar-refractivity contribution in [3.05, 3.63) is 35.9 Å². The number of nitrogens with two attached hydrogens (primary N) is 1. The summed E-state index contributed by atoms with van der Waals surface area (Å²) in [6, 6.07) is 10.3. The van der Waals surface area contributed by atoms with Gasteiger partial charge in [-0.2, -0.15) is 0 Å². The largest absolute Gasteiger partial charge is 0.369 e. The summed E-state index contributed by atoms with van der Waals surface area (Å²) in [7, 11) is 0. The van der Waals surface area contributed by atoms with Gasteiger partial charge in [0.05, 0.1) is 12.2 Å². The second-order valence-electron chi connectivity index (χ2n) is 4.01. The van der Waals surface area contributed by atoms with Crippen LogP contribution in [0.3, 0.4) is 0 Å². The van der Waals surface area contributed by atoms with E-state index in [1.165, 1.54) is 12.0 Å². The molecule has 0 aromatic heterocycles. The predicted octanol–water partition coefficient (Wildman–Crippen LogP) is 2.08. The highest BCUT2D eigenvalue weighted by Gasteiger charge is 2.36. The van der Waals surface area contributed by atoms with Gasteiger partial charge in [-0.15, -0.1) is 0 Å². The van der Waals surface area contributed by atoms with E-state index in [1.807, 2.05) is 18.2 Å². The van der Waals surface area contributed by atoms with Crippen molar-refractivity contribution in [1.29, 1.82) is 0 Å². The Morgan fingerprint density at radius 3 is 2.43 bits per heavy atom. The van der Waals surface area contributed by atoms with Crippen LogP contribution in [0.2, 0.25) is 0 Å². The average Bonchev–Trinajstić information content (AvgIpc) is 2.19. The third-order valence-electron chi connectivity index (χ3n) is 3.02. The summed E-state index contributed by atoms with van der Waals surface area (Å²) in [6.07, 6.45) is 3.50. The maximum Gasteiger partial charge on any atom is 0.0808 e. The Kier molecular flexibility index (Phi) is 2.85. The van der Waals surface area contributed by atoms with E-state index in [9.17, 15) is 0 Å². The Bertz CT molecular complexity index is 274. The fourth-order valence-electron chi connectivity index (χ4n) is 1.79. The molecule has 1 fully saturated rings. The Labute approximate surface area is 85.1 Å². The molecule has 2 heteroatoms. The van der Waals surface area contributed by atoms with Gasteiger partial charge in [0.2, 0.25) is 0 Å². The van der Waals surface area contributed by atoms with E-state index in [2.05, 4.69) is 12.1 Å². The Hall–Kier alpha value is -0.860. The Morgan fingerprint density at radius 2 is 1.93 bits per heavy atom. The molecule has 0 atom stereocenters. The highest BCUT2D eigenvalue weighted by molar-refractivity contribution is 5.13. The fourth-order valence-corrected chi connectivity index (χ4v) is 1.79. The molecule has 0 aliphatic heterocycles. The minimum absolute atomic E-state index is 0.00413. The average molecular weight is 191 g/mol. The smallest absolute Gasteiger partial charge is 0.0808 e. The van der Waals surface area contributed by atoms with Gasteiger partial charge in [-0.3, -0.25) is 0 Å². The lowest BCUT2D eigenvalue weighted by Gasteiger charge is -2.40. The molecule has 0 bridgehead atoms. The molecular formula is C12H17NO. The third kappa shape index (κ3) is 1.97. The summed E-state index contributed by atoms with van der Waals surface area (Å²) in [6.45, 7) is 1.35. The predicted molar refractivity (Wildman–Crippen MR) is 56.9 cm³/mol. The molecule has 1 saturated carbocycles. The first-order chi connectivity index (χ1) is 6.85. The number of ether oxygens (including phenoxy) is 1. The molecule has 2 rings (SSSR count). The second kappa shape index (κ2) is 4.11. The van der Waals surface area contributed by atoms with Crippen LogP contribution in [-0.4, -0.2) is 12.1 Å². The molecule has 1 aromatic carbocycles. The zero-order chi connectivity index (χ0) is 9.86. The van der Waals surface area contributed by atoms with Gasteiger partial charge in [-0.05, 0) is 24.8 Å². The first-order valence-electron chi connectivity index (χ1n) is 5.23. The maximum atomic E-state index is 5.88. The van der Waals surface area contributed by atoms with Crippen molar-refractivity contribution >= 4 is 0 Å². The molecule has 14 heavy (non-hydrogen) atoms. The van der Waals surface area contributed by atoms with Crippen molar-refractivity contribution in [1.82, 2.24) is 0 Å². The van der Waals surface area contributed by atoms with Crippen molar-refractivity contribution in [3.63, 3.8) is 0 Å². The molecule has 2 N–H and O–H groups in total.